The average molecular weight is 322 g/mol. The standard InChI is InChI=1S/C17H30N4O2/c1-12(22)10-21-8-6-14(7-9-21)11-20(3)13(2)17-18-16(19-23-17)15-4-5-15/h12-15,22H,4-11H2,1-3H3/t12-,13-/m1/s1. The largest absolute Gasteiger partial charge is 0.392 e. The summed E-state index contributed by atoms with van der Waals surface area (Å²) in [6.07, 6.45) is 4.57. The third-order valence-corrected chi connectivity index (χ3v) is 5.19. The van der Waals surface area contributed by atoms with Gasteiger partial charge in [0.05, 0.1) is 12.1 Å². The molecule has 1 aliphatic carbocycles. The van der Waals surface area contributed by atoms with Gasteiger partial charge in [0, 0.05) is 19.0 Å². The molecule has 23 heavy (non-hydrogen) atoms. The number of aromatic nitrogens is 2. The van der Waals surface area contributed by atoms with Crippen molar-refractivity contribution in [3.05, 3.63) is 11.7 Å². The van der Waals surface area contributed by atoms with Crippen LogP contribution < -0.4 is 0 Å². The molecule has 2 atom stereocenters. The molecule has 0 amide bonds. The lowest BCUT2D eigenvalue weighted by Gasteiger charge is -2.35. The maximum atomic E-state index is 9.49. The van der Waals surface area contributed by atoms with Crippen LogP contribution in [0.1, 0.15) is 63.2 Å². The molecular formula is C17H30N4O2. The zero-order valence-electron chi connectivity index (χ0n) is 14.6. The van der Waals surface area contributed by atoms with E-state index in [-0.39, 0.29) is 12.1 Å². The zero-order chi connectivity index (χ0) is 16.4. The fourth-order valence-electron chi connectivity index (χ4n) is 3.40. The van der Waals surface area contributed by atoms with E-state index in [1.54, 1.807) is 0 Å². The lowest BCUT2D eigenvalue weighted by atomic mass is 9.95. The molecule has 0 unspecified atom stereocenters. The molecule has 6 heteroatoms. The molecule has 0 bridgehead atoms. The number of piperidine rings is 1. The number of hydrogen-bond donors (Lipinski definition) is 1. The van der Waals surface area contributed by atoms with Crippen molar-refractivity contribution in [3.8, 4) is 0 Å². The van der Waals surface area contributed by atoms with E-state index < -0.39 is 0 Å². The summed E-state index contributed by atoms with van der Waals surface area (Å²) in [7, 11) is 2.15. The summed E-state index contributed by atoms with van der Waals surface area (Å²) in [6, 6.07) is 0.172. The minimum Gasteiger partial charge on any atom is -0.392 e. The van der Waals surface area contributed by atoms with E-state index in [0.717, 1.165) is 37.9 Å². The van der Waals surface area contributed by atoms with Crippen LogP contribution in [-0.2, 0) is 0 Å². The SMILES string of the molecule is C[C@H](c1nc(C2CC2)no1)N(C)CC1CCN(C[C@@H](C)O)CC1. The van der Waals surface area contributed by atoms with Gasteiger partial charge >= 0.3 is 0 Å². The van der Waals surface area contributed by atoms with E-state index in [1.807, 2.05) is 6.92 Å². The van der Waals surface area contributed by atoms with E-state index in [9.17, 15) is 5.11 Å². The minimum atomic E-state index is -0.229. The van der Waals surface area contributed by atoms with Gasteiger partial charge in [-0.15, -0.1) is 0 Å². The van der Waals surface area contributed by atoms with Crippen molar-refractivity contribution in [2.75, 3.05) is 33.2 Å². The smallest absolute Gasteiger partial charge is 0.243 e. The number of nitrogens with zero attached hydrogens (tertiary/aromatic N) is 4. The molecule has 3 rings (SSSR count). The van der Waals surface area contributed by atoms with Crippen molar-refractivity contribution in [2.45, 2.75) is 57.6 Å². The van der Waals surface area contributed by atoms with Crippen LogP contribution in [0.5, 0.6) is 0 Å². The number of aliphatic hydroxyl groups is 1. The highest BCUT2D eigenvalue weighted by molar-refractivity contribution is 5.04. The Balaban J connectivity index is 1.45. The predicted octanol–water partition coefficient (Wildman–Crippen LogP) is 2.03. The monoisotopic (exact) mass is 322 g/mol. The quantitative estimate of drug-likeness (QED) is 0.828. The van der Waals surface area contributed by atoms with Crippen LogP contribution in [0, 0.1) is 5.92 Å². The highest BCUT2D eigenvalue weighted by Crippen LogP contribution is 2.38. The molecule has 1 N–H and O–H groups in total. The Morgan fingerprint density at radius 2 is 1.96 bits per heavy atom. The van der Waals surface area contributed by atoms with Crippen LogP contribution in [-0.4, -0.2) is 64.4 Å². The van der Waals surface area contributed by atoms with E-state index in [0.29, 0.717) is 11.8 Å². The molecule has 0 radical (unpaired) electrons. The number of β-amino-alcohol motifs (C(OH)–C–C–N with tert-alkyl or cyclic N) is 1. The molecule has 1 aromatic rings. The van der Waals surface area contributed by atoms with Crippen molar-refractivity contribution in [1.82, 2.24) is 19.9 Å². The molecule has 2 fully saturated rings. The van der Waals surface area contributed by atoms with E-state index in [4.69, 9.17) is 4.52 Å². The first-order valence-electron chi connectivity index (χ1n) is 8.97. The lowest BCUT2D eigenvalue weighted by Crippen LogP contribution is -2.41. The van der Waals surface area contributed by atoms with Gasteiger partial charge in [-0.2, -0.15) is 4.98 Å². The Morgan fingerprint density at radius 3 is 2.57 bits per heavy atom. The van der Waals surface area contributed by atoms with Crippen LogP contribution >= 0.6 is 0 Å². The number of aliphatic hydroxyl groups excluding tert-OH is 1. The highest BCUT2D eigenvalue weighted by Gasteiger charge is 2.30. The molecule has 1 aliphatic heterocycles. The predicted molar refractivity (Wildman–Crippen MR) is 88.2 cm³/mol. The van der Waals surface area contributed by atoms with Gasteiger partial charge in [-0.05, 0) is 65.6 Å². The molecule has 2 heterocycles. The summed E-state index contributed by atoms with van der Waals surface area (Å²) in [4.78, 5) is 9.27. The van der Waals surface area contributed by atoms with Crippen molar-refractivity contribution < 1.29 is 9.63 Å². The highest BCUT2D eigenvalue weighted by atomic mass is 16.5. The van der Waals surface area contributed by atoms with Crippen molar-refractivity contribution in [3.63, 3.8) is 0 Å². The minimum absolute atomic E-state index is 0.172. The van der Waals surface area contributed by atoms with Crippen LogP contribution in [0.25, 0.3) is 0 Å². The van der Waals surface area contributed by atoms with Gasteiger partial charge in [0.1, 0.15) is 0 Å². The van der Waals surface area contributed by atoms with E-state index in [1.165, 1.54) is 25.7 Å². The average Bonchev–Trinajstić information content (AvgIpc) is 3.25. The topological polar surface area (TPSA) is 65.6 Å². The van der Waals surface area contributed by atoms with Gasteiger partial charge in [0.15, 0.2) is 5.82 Å². The third-order valence-electron chi connectivity index (χ3n) is 5.19. The Bertz CT molecular complexity index is 493. The molecular weight excluding hydrogens is 292 g/mol. The fraction of sp³-hybridized carbons (Fsp3) is 0.882. The zero-order valence-corrected chi connectivity index (χ0v) is 14.6. The molecule has 6 nitrogen and oxygen atoms in total. The molecule has 1 saturated heterocycles. The third kappa shape index (κ3) is 4.52. The maximum Gasteiger partial charge on any atom is 0.243 e. The van der Waals surface area contributed by atoms with Crippen LogP contribution in [0.15, 0.2) is 4.52 Å². The summed E-state index contributed by atoms with van der Waals surface area (Å²) in [5, 5.41) is 13.6. The molecule has 0 spiro atoms. The van der Waals surface area contributed by atoms with Gasteiger partial charge in [-0.25, -0.2) is 0 Å². The summed E-state index contributed by atoms with van der Waals surface area (Å²) in [5.74, 6) is 2.90. The van der Waals surface area contributed by atoms with Gasteiger partial charge in [0.2, 0.25) is 5.89 Å². The summed E-state index contributed by atoms with van der Waals surface area (Å²) >= 11 is 0. The number of likely N-dealkylation sites (tertiary alicyclic amines) is 1. The molecule has 1 aromatic heterocycles. The van der Waals surface area contributed by atoms with Crippen LogP contribution in [0.2, 0.25) is 0 Å². The van der Waals surface area contributed by atoms with Crippen molar-refractivity contribution >= 4 is 0 Å². The summed E-state index contributed by atoms with van der Waals surface area (Å²) < 4.78 is 5.46. The normalized spacial score (nSPS) is 23.3. The molecule has 1 saturated carbocycles. The Labute approximate surface area is 138 Å². The van der Waals surface area contributed by atoms with E-state index in [2.05, 4.69) is 33.9 Å². The Kier molecular flexibility index (Phi) is 5.34. The Hall–Kier alpha value is -0.980. The summed E-state index contributed by atoms with van der Waals surface area (Å²) in [5.41, 5.74) is 0. The second-order valence-electron chi connectivity index (χ2n) is 7.47. The van der Waals surface area contributed by atoms with Gasteiger partial charge < -0.3 is 14.5 Å². The van der Waals surface area contributed by atoms with Gasteiger partial charge in [-0.3, -0.25) is 4.90 Å². The van der Waals surface area contributed by atoms with Crippen molar-refractivity contribution in [2.24, 2.45) is 5.92 Å². The van der Waals surface area contributed by atoms with E-state index >= 15 is 0 Å². The second kappa shape index (κ2) is 7.28. The van der Waals surface area contributed by atoms with Gasteiger partial charge in [-0.1, -0.05) is 5.16 Å². The van der Waals surface area contributed by atoms with Crippen molar-refractivity contribution in [1.29, 1.82) is 0 Å². The first-order chi connectivity index (χ1) is 11.0. The van der Waals surface area contributed by atoms with Crippen LogP contribution in [0.4, 0.5) is 0 Å². The maximum absolute atomic E-state index is 9.49. The summed E-state index contributed by atoms with van der Waals surface area (Å²) in [6.45, 7) is 8.04. The van der Waals surface area contributed by atoms with Crippen LogP contribution in [0.3, 0.4) is 0 Å². The lowest BCUT2D eigenvalue weighted by molar-refractivity contribution is 0.0860. The van der Waals surface area contributed by atoms with Gasteiger partial charge in [0.25, 0.3) is 0 Å². The molecule has 2 aliphatic rings. The second-order valence-corrected chi connectivity index (χ2v) is 7.47. The number of rotatable bonds is 7. The molecule has 0 aromatic carbocycles. The molecule has 130 valence electrons. The Morgan fingerprint density at radius 1 is 1.26 bits per heavy atom. The first kappa shape index (κ1) is 16.9. The fourth-order valence-corrected chi connectivity index (χ4v) is 3.40. The first-order valence-corrected chi connectivity index (χ1v) is 8.97. The number of hydrogen-bond acceptors (Lipinski definition) is 6.